The van der Waals surface area contributed by atoms with Gasteiger partial charge in [0.05, 0.1) is 31.5 Å². The van der Waals surface area contributed by atoms with Crippen LogP contribution in [0, 0.1) is 0 Å². The van der Waals surface area contributed by atoms with Crippen molar-refractivity contribution in [2.45, 2.75) is 0 Å². The molecule has 0 aliphatic carbocycles. The van der Waals surface area contributed by atoms with E-state index in [1.54, 1.807) is 31.4 Å². The van der Waals surface area contributed by atoms with Crippen LogP contribution in [0.15, 0.2) is 51.1 Å². The van der Waals surface area contributed by atoms with E-state index in [0.29, 0.717) is 27.7 Å². The van der Waals surface area contributed by atoms with E-state index in [1.165, 1.54) is 25.5 Å². The Hall–Kier alpha value is -4.01. The van der Waals surface area contributed by atoms with Crippen LogP contribution in [0.5, 0.6) is 17.2 Å². The van der Waals surface area contributed by atoms with Gasteiger partial charge in [0, 0.05) is 11.5 Å². The molecule has 0 aliphatic rings. The van der Waals surface area contributed by atoms with Gasteiger partial charge in [-0.2, -0.15) is 5.10 Å². The Labute approximate surface area is 157 Å². The number of H-pyrrole nitrogens is 2. The molecule has 3 N–H and O–H groups in total. The van der Waals surface area contributed by atoms with Crippen molar-refractivity contribution in [3.8, 4) is 17.2 Å². The summed E-state index contributed by atoms with van der Waals surface area (Å²) in [6.45, 7) is 0. The molecule has 2 heterocycles. The highest BCUT2D eigenvalue weighted by molar-refractivity contribution is 6.04. The van der Waals surface area contributed by atoms with Crippen LogP contribution in [0.25, 0.3) is 21.9 Å². The summed E-state index contributed by atoms with van der Waals surface area (Å²) in [6, 6.07) is 9.79. The van der Waals surface area contributed by atoms with Crippen molar-refractivity contribution in [1.29, 1.82) is 0 Å². The summed E-state index contributed by atoms with van der Waals surface area (Å²) in [6.07, 6.45) is 1.33. The fraction of sp³-hybridized carbons (Fsp3) is 0.105. The third-order valence-corrected chi connectivity index (χ3v) is 4.36. The van der Waals surface area contributed by atoms with Gasteiger partial charge in [-0.05, 0) is 35.9 Å². The molecule has 4 aromatic rings. The molecule has 9 heteroatoms. The summed E-state index contributed by atoms with van der Waals surface area (Å²) in [7, 11) is 2.97. The quantitative estimate of drug-likeness (QED) is 0.466. The minimum atomic E-state index is -0.670. The standard InChI is InChI=1S/C19H16N4O5/c1-27-11-4-5-12-13(8-11)21-17-16(12)22-19(26)23(18(17)25)20-9-10-3-6-14(24)15(7-10)28-2/h3-9,21,24H,1-2H3,(H,22,26)/b20-9-. The van der Waals surface area contributed by atoms with Gasteiger partial charge in [0.25, 0.3) is 0 Å². The number of hydrogen-bond donors (Lipinski definition) is 3. The number of phenolic OH excluding ortho intramolecular Hbond substituents is 1. The van der Waals surface area contributed by atoms with Gasteiger partial charge >= 0.3 is 11.2 Å². The molecular weight excluding hydrogens is 364 g/mol. The van der Waals surface area contributed by atoms with Crippen LogP contribution < -0.4 is 20.7 Å². The van der Waals surface area contributed by atoms with E-state index >= 15 is 0 Å². The lowest BCUT2D eigenvalue weighted by Crippen LogP contribution is -2.32. The molecule has 9 nitrogen and oxygen atoms in total. The number of hydrogen-bond acceptors (Lipinski definition) is 6. The first-order valence-electron chi connectivity index (χ1n) is 8.28. The van der Waals surface area contributed by atoms with Crippen LogP contribution in [0.4, 0.5) is 0 Å². The van der Waals surface area contributed by atoms with E-state index in [9.17, 15) is 14.7 Å². The summed E-state index contributed by atoms with van der Waals surface area (Å²) >= 11 is 0. The number of nitrogens with zero attached hydrogens (tertiary/aromatic N) is 2. The van der Waals surface area contributed by atoms with Crippen molar-refractivity contribution in [2.24, 2.45) is 5.10 Å². The molecule has 142 valence electrons. The maximum atomic E-state index is 12.8. The average molecular weight is 380 g/mol. The first-order valence-corrected chi connectivity index (χ1v) is 8.28. The van der Waals surface area contributed by atoms with E-state index in [4.69, 9.17) is 9.47 Å². The summed E-state index contributed by atoms with van der Waals surface area (Å²) in [5, 5.41) is 14.3. The topological polar surface area (TPSA) is 122 Å². The molecule has 0 radical (unpaired) electrons. The van der Waals surface area contributed by atoms with Crippen LogP contribution in [0.3, 0.4) is 0 Å². The van der Waals surface area contributed by atoms with Crippen LogP contribution in [-0.2, 0) is 0 Å². The van der Waals surface area contributed by atoms with Gasteiger partial charge in [-0.25, -0.2) is 4.79 Å². The van der Waals surface area contributed by atoms with Gasteiger partial charge in [-0.1, -0.05) is 0 Å². The number of aromatic nitrogens is 3. The molecule has 0 saturated carbocycles. The second-order valence-corrected chi connectivity index (χ2v) is 6.01. The Bertz CT molecular complexity index is 1350. The first-order chi connectivity index (χ1) is 13.5. The monoisotopic (exact) mass is 380 g/mol. The molecule has 0 unspecified atom stereocenters. The molecule has 0 amide bonds. The number of aromatic hydroxyl groups is 1. The van der Waals surface area contributed by atoms with Crippen LogP contribution in [-0.4, -0.2) is 40.2 Å². The molecule has 0 saturated heterocycles. The molecule has 2 aromatic carbocycles. The second-order valence-electron chi connectivity index (χ2n) is 6.01. The van der Waals surface area contributed by atoms with Crippen LogP contribution in [0.2, 0.25) is 0 Å². The van der Waals surface area contributed by atoms with Crippen molar-refractivity contribution < 1.29 is 14.6 Å². The van der Waals surface area contributed by atoms with E-state index < -0.39 is 11.2 Å². The van der Waals surface area contributed by atoms with Crippen LogP contribution >= 0.6 is 0 Å². The van der Waals surface area contributed by atoms with Crippen LogP contribution in [0.1, 0.15) is 5.56 Å². The maximum absolute atomic E-state index is 12.8. The Morgan fingerprint density at radius 2 is 1.86 bits per heavy atom. The Kier molecular flexibility index (Phi) is 4.11. The normalized spacial score (nSPS) is 11.5. The molecule has 0 atom stereocenters. The number of aromatic amines is 2. The number of rotatable bonds is 4. The maximum Gasteiger partial charge on any atom is 0.350 e. The molecule has 0 fully saturated rings. The number of nitrogens with one attached hydrogen (secondary N) is 2. The fourth-order valence-corrected chi connectivity index (χ4v) is 2.96. The minimum absolute atomic E-state index is 0.0235. The van der Waals surface area contributed by atoms with Crippen molar-refractivity contribution >= 4 is 28.2 Å². The van der Waals surface area contributed by atoms with Gasteiger partial charge in [-0.15, -0.1) is 4.68 Å². The van der Waals surface area contributed by atoms with Gasteiger partial charge in [0.15, 0.2) is 11.5 Å². The van der Waals surface area contributed by atoms with Crippen molar-refractivity contribution in [2.75, 3.05) is 14.2 Å². The van der Waals surface area contributed by atoms with E-state index in [-0.39, 0.29) is 17.0 Å². The smallest absolute Gasteiger partial charge is 0.350 e. The zero-order valence-corrected chi connectivity index (χ0v) is 15.0. The second kappa shape index (κ2) is 6.62. The third-order valence-electron chi connectivity index (χ3n) is 4.36. The lowest BCUT2D eigenvalue weighted by Gasteiger charge is -2.03. The summed E-state index contributed by atoms with van der Waals surface area (Å²) in [5.41, 5.74) is 0.579. The molecule has 0 spiro atoms. The SMILES string of the molecule is COc1ccc2c(c1)[nH]c1c(=O)n(/N=C\c3ccc(O)c(OC)c3)c(=O)[nH]c12. The van der Waals surface area contributed by atoms with E-state index in [2.05, 4.69) is 15.1 Å². The molecule has 28 heavy (non-hydrogen) atoms. The Morgan fingerprint density at radius 1 is 1.04 bits per heavy atom. The van der Waals surface area contributed by atoms with Gasteiger partial charge < -0.3 is 24.5 Å². The molecule has 2 aromatic heterocycles. The van der Waals surface area contributed by atoms with E-state index in [1.807, 2.05) is 0 Å². The fourth-order valence-electron chi connectivity index (χ4n) is 2.96. The summed E-state index contributed by atoms with van der Waals surface area (Å²) in [5.74, 6) is 0.857. The molecule has 0 bridgehead atoms. The lowest BCUT2D eigenvalue weighted by atomic mass is 10.2. The highest BCUT2D eigenvalue weighted by atomic mass is 16.5. The zero-order chi connectivity index (χ0) is 19.8. The number of fused-ring (bicyclic) bond motifs is 3. The summed E-state index contributed by atoms with van der Waals surface area (Å²) < 4.78 is 10.9. The lowest BCUT2D eigenvalue weighted by molar-refractivity contribution is 0.373. The third kappa shape index (κ3) is 2.78. The van der Waals surface area contributed by atoms with Crippen molar-refractivity contribution in [3.05, 3.63) is 62.8 Å². The van der Waals surface area contributed by atoms with Gasteiger partial charge in [-0.3, -0.25) is 4.79 Å². The molecule has 4 rings (SSSR count). The Balaban J connectivity index is 1.84. The number of phenols is 1. The Morgan fingerprint density at radius 3 is 2.61 bits per heavy atom. The average Bonchev–Trinajstić information content (AvgIpc) is 3.06. The van der Waals surface area contributed by atoms with Crippen molar-refractivity contribution in [3.63, 3.8) is 0 Å². The molecular formula is C19H16N4O5. The number of benzene rings is 2. The highest BCUT2D eigenvalue weighted by Crippen LogP contribution is 2.26. The van der Waals surface area contributed by atoms with Crippen molar-refractivity contribution in [1.82, 2.24) is 14.6 Å². The summed E-state index contributed by atoms with van der Waals surface area (Å²) in [4.78, 5) is 30.9. The molecule has 0 aliphatic heterocycles. The zero-order valence-electron chi connectivity index (χ0n) is 15.0. The highest BCUT2D eigenvalue weighted by Gasteiger charge is 2.13. The first kappa shape index (κ1) is 17.4. The number of methoxy groups -OCH3 is 2. The predicted molar refractivity (Wildman–Crippen MR) is 105 cm³/mol. The number of ether oxygens (including phenoxy) is 2. The van der Waals surface area contributed by atoms with E-state index in [0.717, 1.165) is 4.68 Å². The predicted octanol–water partition coefficient (Wildman–Crippen LogP) is 1.78. The largest absolute Gasteiger partial charge is 0.504 e. The van der Waals surface area contributed by atoms with Gasteiger partial charge in [0.2, 0.25) is 0 Å². The van der Waals surface area contributed by atoms with Gasteiger partial charge in [0.1, 0.15) is 11.3 Å². The minimum Gasteiger partial charge on any atom is -0.504 e.